The second kappa shape index (κ2) is 8.85. The fourth-order valence-corrected chi connectivity index (χ4v) is 3.41. The number of hydrogen-bond donors (Lipinski definition) is 1. The van der Waals surface area contributed by atoms with Crippen molar-refractivity contribution in [2.24, 2.45) is 0 Å². The van der Waals surface area contributed by atoms with Crippen molar-refractivity contribution in [1.82, 2.24) is 5.32 Å². The van der Waals surface area contributed by atoms with Crippen molar-refractivity contribution in [1.29, 1.82) is 0 Å². The highest BCUT2D eigenvalue weighted by molar-refractivity contribution is 8.00. The molecule has 0 unspecified atom stereocenters. The molecule has 2 rings (SSSR count). The minimum Gasteiger partial charge on any atom is -0.349 e. The standard InChI is InChI=1S/C20H24N2O3S/c1-13-8-9-17(10-14(13)2)15(3)21-20(23)12-26-16(4)18-6-5-7-19(11-18)22(24)25/h5-11,15-16H,12H2,1-4H3,(H,21,23)/t15-,16-/m1/s1. The van der Waals surface area contributed by atoms with Crippen molar-refractivity contribution in [2.45, 2.75) is 39.0 Å². The summed E-state index contributed by atoms with van der Waals surface area (Å²) in [7, 11) is 0. The van der Waals surface area contributed by atoms with E-state index >= 15 is 0 Å². The molecule has 0 aliphatic heterocycles. The lowest BCUT2D eigenvalue weighted by Crippen LogP contribution is -2.28. The van der Waals surface area contributed by atoms with E-state index in [4.69, 9.17) is 0 Å². The third kappa shape index (κ3) is 5.33. The molecule has 5 nitrogen and oxygen atoms in total. The second-order valence-electron chi connectivity index (χ2n) is 6.44. The van der Waals surface area contributed by atoms with Crippen LogP contribution in [0, 0.1) is 24.0 Å². The Labute approximate surface area is 158 Å². The molecule has 1 N–H and O–H groups in total. The van der Waals surface area contributed by atoms with Crippen LogP contribution in [0.15, 0.2) is 42.5 Å². The average molecular weight is 372 g/mol. The number of nitrogens with zero attached hydrogens (tertiary/aromatic N) is 1. The monoisotopic (exact) mass is 372 g/mol. The summed E-state index contributed by atoms with van der Waals surface area (Å²) < 4.78 is 0. The van der Waals surface area contributed by atoms with Gasteiger partial charge in [-0.25, -0.2) is 0 Å². The molecule has 0 heterocycles. The van der Waals surface area contributed by atoms with Gasteiger partial charge in [-0.2, -0.15) is 0 Å². The third-order valence-corrected chi connectivity index (χ3v) is 5.62. The Balaban J connectivity index is 1.90. The zero-order valence-electron chi connectivity index (χ0n) is 15.5. The Morgan fingerprint density at radius 3 is 2.50 bits per heavy atom. The smallest absolute Gasteiger partial charge is 0.269 e. The highest BCUT2D eigenvalue weighted by atomic mass is 32.2. The number of thioether (sulfide) groups is 1. The number of rotatable bonds is 7. The van der Waals surface area contributed by atoms with E-state index < -0.39 is 4.92 Å². The Bertz CT molecular complexity index is 807. The maximum Gasteiger partial charge on any atom is 0.269 e. The average Bonchev–Trinajstić information content (AvgIpc) is 2.62. The predicted molar refractivity (Wildman–Crippen MR) is 106 cm³/mol. The lowest BCUT2D eigenvalue weighted by molar-refractivity contribution is -0.384. The fraction of sp³-hybridized carbons (Fsp3) is 0.350. The van der Waals surface area contributed by atoms with E-state index in [0.29, 0.717) is 5.75 Å². The Morgan fingerprint density at radius 1 is 1.12 bits per heavy atom. The highest BCUT2D eigenvalue weighted by Gasteiger charge is 2.15. The number of nitro benzene ring substituents is 1. The minimum atomic E-state index is -0.404. The maximum atomic E-state index is 12.2. The lowest BCUT2D eigenvalue weighted by Gasteiger charge is -2.17. The molecule has 0 fully saturated rings. The maximum absolute atomic E-state index is 12.2. The largest absolute Gasteiger partial charge is 0.349 e. The van der Waals surface area contributed by atoms with Gasteiger partial charge in [0.15, 0.2) is 0 Å². The Morgan fingerprint density at radius 2 is 1.85 bits per heavy atom. The molecule has 0 radical (unpaired) electrons. The van der Waals surface area contributed by atoms with Crippen LogP contribution in [0.4, 0.5) is 5.69 Å². The van der Waals surface area contributed by atoms with Crippen LogP contribution in [0.5, 0.6) is 0 Å². The van der Waals surface area contributed by atoms with Crippen LogP contribution < -0.4 is 5.32 Å². The van der Waals surface area contributed by atoms with Gasteiger partial charge in [-0.15, -0.1) is 11.8 Å². The molecule has 0 saturated heterocycles. The highest BCUT2D eigenvalue weighted by Crippen LogP contribution is 2.30. The molecule has 0 bridgehead atoms. The number of nitro groups is 1. The fourth-order valence-electron chi connectivity index (χ4n) is 2.59. The van der Waals surface area contributed by atoms with Gasteiger partial charge in [0, 0.05) is 17.4 Å². The predicted octanol–water partition coefficient (Wildman–Crippen LogP) is 4.88. The number of non-ortho nitro benzene ring substituents is 1. The summed E-state index contributed by atoms with van der Waals surface area (Å²) in [4.78, 5) is 22.7. The minimum absolute atomic E-state index is 0.00224. The van der Waals surface area contributed by atoms with Crippen molar-refractivity contribution >= 4 is 23.4 Å². The van der Waals surface area contributed by atoms with E-state index in [-0.39, 0.29) is 22.9 Å². The van der Waals surface area contributed by atoms with Crippen molar-refractivity contribution in [3.8, 4) is 0 Å². The Hall–Kier alpha value is -2.34. The molecule has 1 amide bonds. The van der Waals surface area contributed by atoms with Gasteiger partial charge in [0.05, 0.1) is 16.7 Å². The van der Waals surface area contributed by atoms with Crippen LogP contribution in [0.3, 0.4) is 0 Å². The van der Waals surface area contributed by atoms with Gasteiger partial charge in [-0.3, -0.25) is 14.9 Å². The van der Waals surface area contributed by atoms with E-state index in [9.17, 15) is 14.9 Å². The number of amides is 1. The van der Waals surface area contributed by atoms with E-state index in [1.165, 1.54) is 29.0 Å². The molecule has 26 heavy (non-hydrogen) atoms. The van der Waals surface area contributed by atoms with Crippen LogP contribution >= 0.6 is 11.8 Å². The molecule has 2 atom stereocenters. The first-order chi connectivity index (χ1) is 12.3. The first-order valence-corrected chi connectivity index (χ1v) is 9.55. The van der Waals surface area contributed by atoms with Gasteiger partial charge in [-0.05, 0) is 49.9 Å². The SMILES string of the molecule is Cc1ccc([C@@H](C)NC(=O)CS[C@H](C)c2cccc([N+](=O)[O-])c2)cc1C. The van der Waals surface area contributed by atoms with Gasteiger partial charge in [0.1, 0.15) is 0 Å². The summed E-state index contributed by atoms with van der Waals surface area (Å²) in [5, 5.41) is 13.9. The first-order valence-electron chi connectivity index (χ1n) is 8.50. The normalized spacial score (nSPS) is 13.1. The number of carbonyl (C=O) groups excluding carboxylic acids is 1. The zero-order chi connectivity index (χ0) is 19.3. The summed E-state index contributed by atoms with van der Waals surface area (Å²) >= 11 is 1.47. The molecule has 0 saturated carbocycles. The van der Waals surface area contributed by atoms with Crippen LogP contribution in [0.25, 0.3) is 0 Å². The van der Waals surface area contributed by atoms with E-state index in [0.717, 1.165) is 11.1 Å². The molecule has 0 aliphatic rings. The summed E-state index contributed by atoms with van der Waals surface area (Å²) in [6, 6.07) is 12.7. The summed E-state index contributed by atoms with van der Waals surface area (Å²) in [6.45, 7) is 8.04. The lowest BCUT2D eigenvalue weighted by atomic mass is 10.0. The van der Waals surface area contributed by atoms with Gasteiger partial charge >= 0.3 is 0 Å². The third-order valence-electron chi connectivity index (χ3n) is 4.42. The molecule has 0 spiro atoms. The Kier molecular flexibility index (Phi) is 6.80. The van der Waals surface area contributed by atoms with Crippen LogP contribution in [-0.2, 0) is 4.79 Å². The van der Waals surface area contributed by atoms with Crippen molar-refractivity contribution < 1.29 is 9.72 Å². The molecule has 6 heteroatoms. The molecule has 2 aromatic carbocycles. The number of nitrogens with one attached hydrogen (secondary N) is 1. The molecular weight excluding hydrogens is 348 g/mol. The van der Waals surface area contributed by atoms with E-state index in [2.05, 4.69) is 31.3 Å². The second-order valence-corrected chi connectivity index (χ2v) is 7.77. The molecule has 138 valence electrons. The van der Waals surface area contributed by atoms with Gasteiger partial charge in [-0.1, -0.05) is 30.3 Å². The first kappa shape index (κ1) is 20.0. The topological polar surface area (TPSA) is 72.2 Å². The van der Waals surface area contributed by atoms with Crippen LogP contribution in [-0.4, -0.2) is 16.6 Å². The van der Waals surface area contributed by atoms with E-state index in [1.54, 1.807) is 12.1 Å². The van der Waals surface area contributed by atoms with Gasteiger partial charge in [0.25, 0.3) is 5.69 Å². The summed E-state index contributed by atoms with van der Waals surface area (Å²) in [5.41, 5.74) is 4.44. The number of carbonyl (C=O) groups is 1. The number of aryl methyl sites for hydroxylation is 2. The van der Waals surface area contributed by atoms with Crippen molar-refractivity contribution in [2.75, 3.05) is 5.75 Å². The zero-order valence-corrected chi connectivity index (χ0v) is 16.3. The van der Waals surface area contributed by atoms with E-state index in [1.807, 2.05) is 26.0 Å². The van der Waals surface area contributed by atoms with Crippen LogP contribution in [0.1, 0.15) is 47.4 Å². The van der Waals surface area contributed by atoms with Gasteiger partial charge < -0.3 is 5.32 Å². The number of benzene rings is 2. The molecule has 0 aromatic heterocycles. The number of hydrogen-bond acceptors (Lipinski definition) is 4. The van der Waals surface area contributed by atoms with Gasteiger partial charge in [0.2, 0.25) is 5.91 Å². The molecule has 0 aliphatic carbocycles. The molecule has 2 aromatic rings. The summed E-state index contributed by atoms with van der Waals surface area (Å²) in [5.74, 6) is 0.261. The van der Waals surface area contributed by atoms with Crippen molar-refractivity contribution in [3.63, 3.8) is 0 Å². The van der Waals surface area contributed by atoms with Crippen molar-refractivity contribution in [3.05, 3.63) is 74.8 Å². The summed E-state index contributed by atoms with van der Waals surface area (Å²) in [6.07, 6.45) is 0. The van der Waals surface area contributed by atoms with Crippen LogP contribution in [0.2, 0.25) is 0 Å². The molecular formula is C20H24N2O3S. The quantitative estimate of drug-likeness (QED) is 0.555.